The third-order valence-corrected chi connectivity index (χ3v) is 5.50. The second kappa shape index (κ2) is 7.62. The van der Waals surface area contributed by atoms with E-state index in [0.717, 1.165) is 6.21 Å². The summed E-state index contributed by atoms with van der Waals surface area (Å²) < 4.78 is 47.6. The minimum Gasteiger partial charge on any atom is -0.487 e. The molecular weight excluding hydrogens is 405 g/mol. The van der Waals surface area contributed by atoms with Crippen molar-refractivity contribution in [2.24, 2.45) is 5.41 Å². The molecule has 2 atom stereocenters. The third kappa shape index (κ3) is 3.59. The highest BCUT2D eigenvalue weighted by Crippen LogP contribution is 2.51. The van der Waals surface area contributed by atoms with Gasteiger partial charge in [-0.1, -0.05) is 0 Å². The van der Waals surface area contributed by atoms with Crippen LogP contribution in [0.25, 0.3) is 0 Å². The van der Waals surface area contributed by atoms with E-state index < -0.39 is 30.3 Å². The van der Waals surface area contributed by atoms with Crippen LogP contribution in [0.3, 0.4) is 0 Å². The molecule has 162 valence electrons. The molecule has 0 fully saturated rings. The van der Waals surface area contributed by atoms with Crippen LogP contribution in [0, 0.1) is 10.8 Å². The first-order valence-corrected chi connectivity index (χ1v) is 9.09. The van der Waals surface area contributed by atoms with Gasteiger partial charge in [0.25, 0.3) is 5.91 Å². The Balaban J connectivity index is 1.87. The number of carbonyl (C=O) groups is 2. The van der Waals surface area contributed by atoms with Crippen molar-refractivity contribution in [2.75, 3.05) is 19.0 Å². The van der Waals surface area contributed by atoms with Gasteiger partial charge in [0.1, 0.15) is 11.6 Å². The maximum absolute atomic E-state index is 13.0. The lowest BCUT2D eigenvalue weighted by Gasteiger charge is -2.48. The topological polar surface area (TPSA) is 105 Å². The number of fused-ring (bicyclic) bond motifs is 1. The molecule has 1 unspecified atom stereocenters. The minimum absolute atomic E-state index is 0.0668. The lowest BCUT2D eigenvalue weighted by atomic mass is 9.65. The first kappa shape index (κ1) is 21.6. The van der Waals surface area contributed by atoms with Crippen LogP contribution >= 0.6 is 0 Å². The summed E-state index contributed by atoms with van der Waals surface area (Å²) in [6.45, 7) is 1.92. The molecule has 1 aliphatic carbocycles. The molecule has 11 heteroatoms. The number of pyridine rings is 1. The lowest BCUT2D eigenvalue weighted by molar-refractivity contribution is -0.170. The van der Waals surface area contributed by atoms with Gasteiger partial charge in [0.15, 0.2) is 6.61 Å². The molecule has 0 saturated carbocycles. The Morgan fingerprint density at radius 1 is 1.50 bits per heavy atom. The quantitative estimate of drug-likeness (QED) is 0.678. The molecule has 1 aliphatic heterocycles. The number of methoxy groups -OCH3 is 1. The highest BCUT2D eigenvalue weighted by molar-refractivity contribution is 6.01. The fraction of sp³-hybridized carbons (Fsp3) is 0.474. The van der Waals surface area contributed by atoms with Gasteiger partial charge in [-0.2, -0.15) is 13.2 Å². The van der Waals surface area contributed by atoms with Crippen LogP contribution in [0.1, 0.15) is 36.2 Å². The van der Waals surface area contributed by atoms with Crippen molar-refractivity contribution in [3.8, 4) is 0 Å². The largest absolute Gasteiger partial charge is 0.487 e. The number of aromatic nitrogens is 1. The van der Waals surface area contributed by atoms with Gasteiger partial charge < -0.3 is 19.8 Å². The van der Waals surface area contributed by atoms with Crippen LogP contribution in [-0.4, -0.2) is 54.0 Å². The zero-order valence-corrected chi connectivity index (χ0v) is 16.6. The van der Waals surface area contributed by atoms with Gasteiger partial charge in [-0.3, -0.25) is 10.1 Å². The fourth-order valence-electron chi connectivity index (χ4n) is 3.97. The van der Waals surface area contributed by atoms with E-state index in [2.05, 4.69) is 15.0 Å². The average molecular weight is 426 g/mol. The normalized spacial score (nSPS) is 21.7. The van der Waals surface area contributed by atoms with Crippen LogP contribution in [0.5, 0.6) is 0 Å². The molecule has 0 spiro atoms. The predicted octanol–water partition coefficient (Wildman–Crippen LogP) is 3.50. The molecule has 2 N–H and O–H groups in total. The monoisotopic (exact) mass is 426 g/mol. The van der Waals surface area contributed by atoms with Crippen molar-refractivity contribution >= 4 is 24.0 Å². The van der Waals surface area contributed by atoms with Gasteiger partial charge in [0.2, 0.25) is 0 Å². The van der Waals surface area contributed by atoms with Gasteiger partial charge in [0.05, 0.1) is 19.1 Å². The van der Waals surface area contributed by atoms with Crippen LogP contribution in [0.4, 0.5) is 23.8 Å². The van der Waals surface area contributed by atoms with Crippen molar-refractivity contribution in [3.05, 3.63) is 34.7 Å². The summed E-state index contributed by atoms with van der Waals surface area (Å²) in [6.07, 6.45) is -2.55. The first-order valence-electron chi connectivity index (χ1n) is 9.09. The molecule has 1 aromatic rings. The summed E-state index contributed by atoms with van der Waals surface area (Å²) in [7, 11) is 1.19. The summed E-state index contributed by atoms with van der Waals surface area (Å²) in [5.74, 6) is -0.133. The molecule has 0 aromatic carbocycles. The number of alkyl halides is 3. The maximum atomic E-state index is 13.0. The molecule has 0 bridgehead atoms. The number of allylic oxidation sites excluding steroid dienone is 1. The van der Waals surface area contributed by atoms with Crippen LogP contribution < -0.4 is 5.32 Å². The molecule has 30 heavy (non-hydrogen) atoms. The Morgan fingerprint density at radius 3 is 2.77 bits per heavy atom. The molecule has 8 nitrogen and oxygen atoms in total. The molecule has 0 radical (unpaired) electrons. The van der Waals surface area contributed by atoms with E-state index in [4.69, 9.17) is 10.1 Å². The Hall–Kier alpha value is -3.11. The van der Waals surface area contributed by atoms with Crippen molar-refractivity contribution in [2.45, 2.75) is 39.0 Å². The molecule has 0 saturated heterocycles. The lowest BCUT2D eigenvalue weighted by Crippen LogP contribution is -2.53. The number of amides is 2. The van der Waals surface area contributed by atoms with E-state index in [0.29, 0.717) is 23.1 Å². The smallest absolute Gasteiger partial charge is 0.422 e. The molecular formula is C19H21F3N4O4. The van der Waals surface area contributed by atoms with Gasteiger partial charge in [-0.05, 0) is 31.9 Å². The highest BCUT2D eigenvalue weighted by atomic mass is 19.4. The van der Waals surface area contributed by atoms with E-state index in [1.807, 2.05) is 0 Å². The number of nitrogens with zero attached hydrogens (tertiary/aromatic N) is 2. The summed E-state index contributed by atoms with van der Waals surface area (Å²) in [4.78, 5) is 30.1. The molecule has 2 heterocycles. The highest BCUT2D eigenvalue weighted by Gasteiger charge is 2.53. The summed E-state index contributed by atoms with van der Waals surface area (Å²) in [5, 5.41) is 10.3. The van der Waals surface area contributed by atoms with E-state index in [9.17, 15) is 22.8 Å². The van der Waals surface area contributed by atoms with Crippen LogP contribution in [0.15, 0.2) is 23.6 Å². The molecule has 1 aromatic heterocycles. The minimum atomic E-state index is -4.51. The van der Waals surface area contributed by atoms with Gasteiger partial charge >= 0.3 is 12.3 Å². The Kier molecular flexibility index (Phi) is 5.48. The Labute approximate surface area is 170 Å². The third-order valence-electron chi connectivity index (χ3n) is 5.50. The molecule has 2 amide bonds. The van der Waals surface area contributed by atoms with Gasteiger partial charge in [0, 0.05) is 29.6 Å². The van der Waals surface area contributed by atoms with E-state index >= 15 is 0 Å². The van der Waals surface area contributed by atoms with Crippen LogP contribution in [-0.2, 0) is 16.0 Å². The second-order valence-electron chi connectivity index (χ2n) is 7.29. The Morgan fingerprint density at radius 2 is 2.20 bits per heavy atom. The van der Waals surface area contributed by atoms with Crippen molar-refractivity contribution in [1.82, 2.24) is 9.88 Å². The summed E-state index contributed by atoms with van der Waals surface area (Å²) in [5.41, 5.74) is 0.239. The fourth-order valence-corrected chi connectivity index (χ4v) is 3.97. The van der Waals surface area contributed by atoms with E-state index in [1.165, 1.54) is 24.3 Å². The summed E-state index contributed by atoms with van der Waals surface area (Å²) >= 11 is 0. The number of nitrogens with one attached hydrogen (secondary N) is 2. The number of hydrogen-bond donors (Lipinski definition) is 2. The number of anilines is 1. The average Bonchev–Trinajstić information content (AvgIpc) is 3.02. The predicted molar refractivity (Wildman–Crippen MR) is 100 cm³/mol. The molecule has 3 rings (SSSR count). The van der Waals surface area contributed by atoms with Crippen LogP contribution in [0.2, 0.25) is 0 Å². The summed E-state index contributed by atoms with van der Waals surface area (Å²) in [6, 6.07) is 0.847. The second-order valence-corrected chi connectivity index (χ2v) is 7.29. The number of halogens is 3. The number of rotatable bonds is 6. The molecule has 2 aliphatic rings. The number of carbonyl (C=O) groups excluding carboxylic acids is 2. The van der Waals surface area contributed by atoms with E-state index in [-0.39, 0.29) is 24.0 Å². The maximum Gasteiger partial charge on any atom is 0.422 e. The first-order chi connectivity index (χ1) is 14.0. The standard InChI is InChI=1S/C19H21F3N4O4/c1-10-6-18(8-23,14(10)30-9-19(20,21)22)11(2)26-7-13-12(16(26)27)4-5-24-15(13)25-17(28)29-3/h4-5,8,11,23H,6-7,9H2,1-3H3,(H,24,25,28)/t11?,18-/m0/s1. The van der Waals surface area contributed by atoms with Crippen molar-refractivity contribution in [3.63, 3.8) is 0 Å². The van der Waals surface area contributed by atoms with Gasteiger partial charge in [-0.15, -0.1) is 0 Å². The zero-order valence-electron chi connectivity index (χ0n) is 16.6. The number of hydrogen-bond acceptors (Lipinski definition) is 6. The SMILES string of the molecule is COC(=O)Nc1nccc2c1CN(C(C)[C@@]1(C=N)CC(C)=C1OCC(F)(F)F)C2=O. The zero-order chi connectivity index (χ0) is 22.3. The van der Waals surface area contributed by atoms with Crippen molar-refractivity contribution in [1.29, 1.82) is 5.41 Å². The van der Waals surface area contributed by atoms with Crippen molar-refractivity contribution < 1.29 is 32.2 Å². The van der Waals surface area contributed by atoms with Gasteiger partial charge in [-0.25, -0.2) is 9.78 Å². The van der Waals surface area contributed by atoms with E-state index in [1.54, 1.807) is 13.8 Å². The Bertz CT molecular complexity index is 931. The number of ether oxygens (including phenoxy) is 2.